The molecule has 2 heterocycles. The molecule has 0 saturated carbocycles. The second-order valence-corrected chi connectivity index (χ2v) is 5.44. The molecular formula is C13H21N5S. The minimum absolute atomic E-state index is 0.273. The van der Waals surface area contributed by atoms with E-state index in [1.54, 1.807) is 0 Å². The van der Waals surface area contributed by atoms with Gasteiger partial charge in [0.05, 0.1) is 22.3 Å². The second kappa shape index (κ2) is 6.25. The number of nitrogens with zero attached hydrogens (tertiary/aromatic N) is 4. The molecule has 104 valence electrons. The Labute approximate surface area is 118 Å². The molecule has 0 aromatic carbocycles. The maximum Gasteiger partial charge on any atom is 0.0801 e. The zero-order valence-electron chi connectivity index (χ0n) is 12.0. The molecule has 1 atom stereocenters. The number of likely N-dealkylation sites (N-methyl/N-ethyl adjacent to an activating group) is 1. The number of hydrogen-bond donors (Lipinski definition) is 1. The first-order valence-electron chi connectivity index (χ1n) is 6.69. The highest BCUT2D eigenvalue weighted by Crippen LogP contribution is 2.24. The summed E-state index contributed by atoms with van der Waals surface area (Å²) >= 11 is 1.50. The fourth-order valence-corrected chi connectivity index (χ4v) is 3.11. The van der Waals surface area contributed by atoms with Crippen LogP contribution in [0, 0.1) is 6.92 Å². The Morgan fingerprint density at radius 2 is 2.21 bits per heavy atom. The van der Waals surface area contributed by atoms with Crippen LogP contribution >= 0.6 is 11.5 Å². The fraction of sp³-hybridized carbons (Fsp3) is 0.615. The summed E-state index contributed by atoms with van der Waals surface area (Å²) < 4.78 is 6.05. The summed E-state index contributed by atoms with van der Waals surface area (Å²) in [4.78, 5) is 1.25. The average molecular weight is 279 g/mol. The van der Waals surface area contributed by atoms with Crippen LogP contribution in [-0.2, 0) is 19.9 Å². The standard InChI is InChI=1S/C13H21N5S/c1-5-11-13(19-17-15-11)12(14-6-2)8-10-7-9(3)16-18(10)4/h7,12,14H,5-6,8H2,1-4H3. The third-order valence-electron chi connectivity index (χ3n) is 3.20. The molecule has 0 radical (unpaired) electrons. The molecule has 1 unspecified atom stereocenters. The highest BCUT2D eigenvalue weighted by molar-refractivity contribution is 7.05. The van der Waals surface area contributed by atoms with Crippen molar-refractivity contribution in [2.75, 3.05) is 6.54 Å². The Balaban J connectivity index is 2.23. The molecule has 0 amide bonds. The molecule has 0 aliphatic rings. The highest BCUT2D eigenvalue weighted by atomic mass is 32.1. The average Bonchev–Trinajstić information content (AvgIpc) is 2.95. The van der Waals surface area contributed by atoms with Crippen LogP contribution in [-0.4, -0.2) is 25.9 Å². The zero-order valence-corrected chi connectivity index (χ0v) is 12.8. The minimum atomic E-state index is 0.273. The Kier molecular flexibility index (Phi) is 4.66. The van der Waals surface area contributed by atoms with Crippen LogP contribution in [0.25, 0.3) is 0 Å². The number of hydrogen-bond acceptors (Lipinski definition) is 5. The fourth-order valence-electron chi connectivity index (χ4n) is 2.29. The van der Waals surface area contributed by atoms with Crippen LogP contribution in [0.3, 0.4) is 0 Å². The van der Waals surface area contributed by atoms with Gasteiger partial charge in [0, 0.05) is 19.2 Å². The maximum atomic E-state index is 4.41. The second-order valence-electron chi connectivity index (χ2n) is 4.65. The van der Waals surface area contributed by atoms with E-state index >= 15 is 0 Å². The van der Waals surface area contributed by atoms with Crippen LogP contribution in [0.5, 0.6) is 0 Å². The molecular weight excluding hydrogens is 258 g/mol. The molecule has 0 aliphatic heterocycles. The summed E-state index contributed by atoms with van der Waals surface area (Å²) in [5, 5.41) is 12.2. The molecule has 0 aliphatic carbocycles. The molecule has 0 spiro atoms. The van der Waals surface area contributed by atoms with Crippen molar-refractivity contribution in [2.45, 2.75) is 39.7 Å². The van der Waals surface area contributed by atoms with Crippen LogP contribution < -0.4 is 5.32 Å². The number of rotatable bonds is 6. The van der Waals surface area contributed by atoms with Gasteiger partial charge in [0.25, 0.3) is 0 Å². The largest absolute Gasteiger partial charge is 0.309 e. The predicted molar refractivity (Wildman–Crippen MR) is 77.4 cm³/mol. The van der Waals surface area contributed by atoms with E-state index in [9.17, 15) is 0 Å². The van der Waals surface area contributed by atoms with Crippen LogP contribution in [0.2, 0.25) is 0 Å². The molecule has 0 bridgehead atoms. The highest BCUT2D eigenvalue weighted by Gasteiger charge is 2.19. The van der Waals surface area contributed by atoms with Gasteiger partial charge in [0.2, 0.25) is 0 Å². The molecule has 6 heteroatoms. The molecule has 1 N–H and O–H groups in total. The lowest BCUT2D eigenvalue weighted by molar-refractivity contribution is 0.531. The maximum absolute atomic E-state index is 4.41. The Morgan fingerprint density at radius 3 is 2.79 bits per heavy atom. The van der Waals surface area contributed by atoms with Gasteiger partial charge in [-0.25, -0.2) is 0 Å². The van der Waals surface area contributed by atoms with E-state index in [0.29, 0.717) is 0 Å². The van der Waals surface area contributed by atoms with Gasteiger partial charge in [-0.05, 0) is 37.5 Å². The van der Waals surface area contributed by atoms with Gasteiger partial charge in [-0.15, -0.1) is 5.10 Å². The number of nitrogens with one attached hydrogen (secondary N) is 1. The number of aryl methyl sites for hydroxylation is 3. The lowest BCUT2D eigenvalue weighted by atomic mass is 10.1. The first-order chi connectivity index (χ1) is 9.15. The molecule has 0 saturated heterocycles. The van der Waals surface area contributed by atoms with Crippen LogP contribution in [0.4, 0.5) is 0 Å². The Bertz CT molecular complexity index is 531. The predicted octanol–water partition coefficient (Wildman–Crippen LogP) is 2.04. The van der Waals surface area contributed by atoms with E-state index in [1.807, 2.05) is 18.7 Å². The van der Waals surface area contributed by atoms with Crippen molar-refractivity contribution in [1.82, 2.24) is 24.7 Å². The third kappa shape index (κ3) is 3.19. The van der Waals surface area contributed by atoms with E-state index in [1.165, 1.54) is 22.1 Å². The lowest BCUT2D eigenvalue weighted by Gasteiger charge is -2.16. The van der Waals surface area contributed by atoms with Crippen molar-refractivity contribution >= 4 is 11.5 Å². The molecule has 5 nitrogen and oxygen atoms in total. The van der Waals surface area contributed by atoms with Crippen LogP contribution in [0.15, 0.2) is 6.07 Å². The summed E-state index contributed by atoms with van der Waals surface area (Å²) in [6.45, 7) is 7.21. The van der Waals surface area contributed by atoms with Crippen molar-refractivity contribution in [2.24, 2.45) is 7.05 Å². The first kappa shape index (κ1) is 14.1. The van der Waals surface area contributed by atoms with Gasteiger partial charge >= 0.3 is 0 Å². The topological polar surface area (TPSA) is 55.6 Å². The monoisotopic (exact) mass is 279 g/mol. The third-order valence-corrected chi connectivity index (χ3v) is 4.08. The van der Waals surface area contributed by atoms with Gasteiger partial charge in [-0.2, -0.15) is 5.10 Å². The van der Waals surface area contributed by atoms with Gasteiger partial charge in [-0.1, -0.05) is 18.3 Å². The minimum Gasteiger partial charge on any atom is -0.309 e. The molecule has 2 aromatic heterocycles. The van der Waals surface area contributed by atoms with Crippen molar-refractivity contribution in [1.29, 1.82) is 0 Å². The zero-order chi connectivity index (χ0) is 13.8. The van der Waals surface area contributed by atoms with Gasteiger partial charge in [0.15, 0.2) is 0 Å². The van der Waals surface area contributed by atoms with E-state index in [0.717, 1.165) is 30.8 Å². The summed E-state index contributed by atoms with van der Waals surface area (Å²) in [5.41, 5.74) is 3.40. The SMILES string of the molecule is CCNC(Cc1cc(C)nn1C)c1snnc1CC. The van der Waals surface area contributed by atoms with Crippen molar-refractivity contribution in [3.05, 3.63) is 28.0 Å². The van der Waals surface area contributed by atoms with E-state index in [4.69, 9.17) is 0 Å². The smallest absolute Gasteiger partial charge is 0.0801 e. The van der Waals surface area contributed by atoms with Crippen molar-refractivity contribution in [3.63, 3.8) is 0 Å². The number of aromatic nitrogens is 4. The summed E-state index contributed by atoms with van der Waals surface area (Å²) in [7, 11) is 2.00. The summed E-state index contributed by atoms with van der Waals surface area (Å²) in [5.74, 6) is 0. The molecule has 19 heavy (non-hydrogen) atoms. The first-order valence-corrected chi connectivity index (χ1v) is 7.47. The van der Waals surface area contributed by atoms with E-state index in [2.05, 4.69) is 39.9 Å². The quantitative estimate of drug-likeness (QED) is 0.879. The normalized spacial score (nSPS) is 12.8. The van der Waals surface area contributed by atoms with Crippen LogP contribution in [0.1, 0.15) is 41.8 Å². The van der Waals surface area contributed by atoms with Crippen molar-refractivity contribution in [3.8, 4) is 0 Å². The van der Waals surface area contributed by atoms with Gasteiger partial charge < -0.3 is 5.32 Å². The Hall–Kier alpha value is -1.27. The van der Waals surface area contributed by atoms with Crippen molar-refractivity contribution < 1.29 is 0 Å². The van der Waals surface area contributed by atoms with E-state index in [-0.39, 0.29) is 6.04 Å². The molecule has 2 rings (SSSR count). The molecule has 0 fully saturated rings. The Morgan fingerprint density at radius 1 is 1.42 bits per heavy atom. The molecule has 2 aromatic rings. The van der Waals surface area contributed by atoms with Gasteiger partial charge in [-0.3, -0.25) is 4.68 Å². The van der Waals surface area contributed by atoms with E-state index < -0.39 is 0 Å². The summed E-state index contributed by atoms with van der Waals surface area (Å²) in [6.07, 6.45) is 1.85. The van der Waals surface area contributed by atoms with Gasteiger partial charge in [0.1, 0.15) is 0 Å². The lowest BCUT2D eigenvalue weighted by Crippen LogP contribution is -2.24. The summed E-state index contributed by atoms with van der Waals surface area (Å²) in [6, 6.07) is 2.42.